The molecular weight excluding hydrogens is 280 g/mol. The van der Waals surface area contributed by atoms with Crippen molar-refractivity contribution in [3.8, 4) is 11.5 Å². The Morgan fingerprint density at radius 3 is 2.32 bits per heavy atom. The van der Waals surface area contributed by atoms with E-state index >= 15 is 0 Å². The lowest BCUT2D eigenvalue weighted by atomic mass is 10.1. The summed E-state index contributed by atoms with van der Waals surface area (Å²) in [6.45, 7) is 0. The van der Waals surface area contributed by atoms with Crippen molar-refractivity contribution in [1.82, 2.24) is 0 Å². The van der Waals surface area contributed by atoms with Gasteiger partial charge in [0.25, 0.3) is 0 Å². The summed E-state index contributed by atoms with van der Waals surface area (Å²) in [7, 11) is 3.21. The van der Waals surface area contributed by atoms with E-state index in [0.717, 1.165) is 22.7 Å². The van der Waals surface area contributed by atoms with Crippen LogP contribution in [-0.4, -0.2) is 20.1 Å². The van der Waals surface area contributed by atoms with Crippen LogP contribution in [0.2, 0.25) is 0 Å². The van der Waals surface area contributed by atoms with Crippen LogP contribution in [0, 0.1) is 0 Å². The third-order valence-corrected chi connectivity index (χ3v) is 3.04. The van der Waals surface area contributed by atoms with Gasteiger partial charge in [-0.1, -0.05) is 0 Å². The summed E-state index contributed by atoms with van der Waals surface area (Å²) in [5.74, 6) is 0.957. The predicted molar refractivity (Wildman–Crippen MR) is 87.5 cm³/mol. The van der Waals surface area contributed by atoms with Crippen molar-refractivity contribution in [3.05, 3.63) is 54.1 Å². The van der Waals surface area contributed by atoms with Crippen molar-refractivity contribution in [1.29, 1.82) is 0 Å². The molecule has 5 nitrogen and oxygen atoms in total. The Morgan fingerprint density at radius 1 is 1.05 bits per heavy atom. The second-order valence-corrected chi connectivity index (χ2v) is 4.55. The van der Waals surface area contributed by atoms with Crippen LogP contribution >= 0.6 is 0 Å². The van der Waals surface area contributed by atoms with E-state index in [1.807, 2.05) is 42.5 Å². The highest BCUT2D eigenvalue weighted by Gasteiger charge is 2.03. The van der Waals surface area contributed by atoms with Crippen molar-refractivity contribution < 1.29 is 14.3 Å². The second kappa shape index (κ2) is 7.17. The van der Waals surface area contributed by atoms with Crippen LogP contribution in [0.25, 0.3) is 6.08 Å². The molecule has 0 saturated carbocycles. The number of hydrogen-bond acceptors (Lipinski definition) is 4. The Morgan fingerprint density at radius 2 is 1.73 bits per heavy atom. The number of rotatable bonds is 6. The van der Waals surface area contributed by atoms with E-state index in [4.69, 9.17) is 15.2 Å². The third-order valence-electron chi connectivity index (χ3n) is 3.04. The highest BCUT2D eigenvalue weighted by Crippen LogP contribution is 2.26. The van der Waals surface area contributed by atoms with Gasteiger partial charge in [0.2, 0.25) is 5.91 Å². The molecule has 0 aliphatic rings. The molecule has 2 aromatic carbocycles. The molecular formula is C17H18N2O3. The van der Waals surface area contributed by atoms with Gasteiger partial charge in [-0.2, -0.15) is 0 Å². The van der Waals surface area contributed by atoms with E-state index in [0.29, 0.717) is 5.75 Å². The minimum Gasteiger partial charge on any atom is -0.497 e. The van der Waals surface area contributed by atoms with E-state index in [1.54, 1.807) is 20.3 Å². The Hall–Kier alpha value is -2.95. The smallest absolute Gasteiger partial charge is 0.241 e. The first-order chi connectivity index (χ1) is 10.6. The van der Waals surface area contributed by atoms with Crippen molar-refractivity contribution in [3.63, 3.8) is 0 Å². The highest BCUT2D eigenvalue weighted by atomic mass is 16.5. The largest absolute Gasteiger partial charge is 0.497 e. The molecule has 0 aromatic heterocycles. The molecule has 3 N–H and O–H groups in total. The Balaban J connectivity index is 2.23. The summed E-state index contributed by atoms with van der Waals surface area (Å²) in [6.07, 6.45) is 2.93. The van der Waals surface area contributed by atoms with E-state index < -0.39 is 5.91 Å². The normalized spacial score (nSPS) is 10.5. The first-order valence-corrected chi connectivity index (χ1v) is 6.69. The molecule has 0 unspecified atom stereocenters. The van der Waals surface area contributed by atoms with Gasteiger partial charge in [-0.25, -0.2) is 0 Å². The summed E-state index contributed by atoms with van der Waals surface area (Å²) < 4.78 is 10.4. The summed E-state index contributed by atoms with van der Waals surface area (Å²) in [5.41, 5.74) is 7.69. The maximum Gasteiger partial charge on any atom is 0.241 e. The van der Waals surface area contributed by atoms with Crippen LogP contribution in [0.1, 0.15) is 5.56 Å². The van der Waals surface area contributed by atoms with Crippen LogP contribution in [0.3, 0.4) is 0 Å². The zero-order valence-corrected chi connectivity index (χ0v) is 12.5. The highest BCUT2D eigenvalue weighted by molar-refractivity contribution is 5.91. The molecule has 2 rings (SSSR count). The fraction of sp³-hybridized carbons (Fsp3) is 0.118. The number of methoxy groups -OCH3 is 2. The molecule has 1 amide bonds. The van der Waals surface area contributed by atoms with E-state index in [2.05, 4.69) is 5.32 Å². The standard InChI is InChI=1S/C17H18N2O3/c1-21-15-7-4-13(5-8-15)19-14-6-9-16(22-2)12(11-14)3-10-17(18)20/h3-11,19H,1-2H3,(H2,18,20)/b10-3+. The molecule has 0 aliphatic heterocycles. The lowest BCUT2D eigenvalue weighted by Gasteiger charge is -2.11. The van der Waals surface area contributed by atoms with E-state index in [9.17, 15) is 4.79 Å². The summed E-state index contributed by atoms with van der Waals surface area (Å²) in [4.78, 5) is 10.9. The van der Waals surface area contributed by atoms with Gasteiger partial charge in [0.05, 0.1) is 14.2 Å². The monoisotopic (exact) mass is 298 g/mol. The second-order valence-electron chi connectivity index (χ2n) is 4.55. The number of carbonyl (C=O) groups is 1. The Labute approximate surface area is 129 Å². The molecule has 0 bridgehead atoms. The number of anilines is 2. The quantitative estimate of drug-likeness (QED) is 0.804. The maximum absolute atomic E-state index is 10.9. The van der Waals surface area contributed by atoms with E-state index in [-0.39, 0.29) is 0 Å². The molecule has 0 spiro atoms. The molecule has 2 aromatic rings. The molecule has 114 valence electrons. The van der Waals surface area contributed by atoms with Crippen molar-refractivity contribution in [2.75, 3.05) is 19.5 Å². The number of primary amides is 1. The van der Waals surface area contributed by atoms with Gasteiger partial charge in [-0.05, 0) is 48.5 Å². The van der Waals surface area contributed by atoms with Crippen LogP contribution in [0.4, 0.5) is 11.4 Å². The minimum absolute atomic E-state index is 0.504. The van der Waals surface area contributed by atoms with Crippen LogP contribution < -0.4 is 20.5 Å². The average molecular weight is 298 g/mol. The number of benzene rings is 2. The molecule has 0 saturated heterocycles. The fourth-order valence-corrected chi connectivity index (χ4v) is 1.96. The lowest BCUT2D eigenvalue weighted by molar-refractivity contribution is -0.113. The zero-order valence-electron chi connectivity index (χ0n) is 12.5. The SMILES string of the molecule is COc1ccc(Nc2ccc(OC)c(/C=C/C(N)=O)c2)cc1. The molecule has 0 aliphatic carbocycles. The van der Waals surface area contributed by atoms with Gasteiger partial charge < -0.3 is 20.5 Å². The fourth-order valence-electron chi connectivity index (χ4n) is 1.96. The van der Waals surface area contributed by atoms with Gasteiger partial charge >= 0.3 is 0 Å². The van der Waals surface area contributed by atoms with Gasteiger partial charge in [0.1, 0.15) is 11.5 Å². The first-order valence-electron chi connectivity index (χ1n) is 6.69. The predicted octanol–water partition coefficient (Wildman–Crippen LogP) is 2.95. The third kappa shape index (κ3) is 4.02. The van der Waals surface area contributed by atoms with Crippen LogP contribution in [0.5, 0.6) is 11.5 Å². The summed E-state index contributed by atoms with van der Waals surface area (Å²) in [5, 5.41) is 3.27. The van der Waals surface area contributed by atoms with Gasteiger partial charge in [-0.3, -0.25) is 4.79 Å². The van der Waals surface area contributed by atoms with Crippen LogP contribution in [0.15, 0.2) is 48.5 Å². The van der Waals surface area contributed by atoms with Gasteiger partial charge in [0, 0.05) is 23.0 Å². The number of nitrogens with one attached hydrogen (secondary N) is 1. The topological polar surface area (TPSA) is 73.6 Å². The Kier molecular flexibility index (Phi) is 5.03. The molecule has 0 heterocycles. The summed E-state index contributed by atoms with van der Waals surface area (Å²) in [6, 6.07) is 13.2. The van der Waals surface area contributed by atoms with Gasteiger partial charge in [0.15, 0.2) is 0 Å². The first kappa shape index (κ1) is 15.4. The average Bonchev–Trinajstić information content (AvgIpc) is 2.54. The molecule has 22 heavy (non-hydrogen) atoms. The number of hydrogen-bond donors (Lipinski definition) is 2. The number of carbonyl (C=O) groups excluding carboxylic acids is 1. The summed E-state index contributed by atoms with van der Waals surface area (Å²) >= 11 is 0. The Bertz CT molecular complexity index is 679. The maximum atomic E-state index is 10.9. The van der Waals surface area contributed by atoms with Gasteiger partial charge in [-0.15, -0.1) is 0 Å². The lowest BCUT2D eigenvalue weighted by Crippen LogP contribution is -2.05. The van der Waals surface area contributed by atoms with Crippen molar-refractivity contribution in [2.24, 2.45) is 5.73 Å². The van der Waals surface area contributed by atoms with Crippen molar-refractivity contribution >= 4 is 23.4 Å². The molecule has 0 atom stereocenters. The van der Waals surface area contributed by atoms with E-state index in [1.165, 1.54) is 6.08 Å². The zero-order chi connectivity index (χ0) is 15.9. The number of amides is 1. The molecule has 0 radical (unpaired) electrons. The number of ether oxygens (including phenoxy) is 2. The van der Waals surface area contributed by atoms with Crippen molar-refractivity contribution in [2.45, 2.75) is 0 Å². The minimum atomic E-state index is -0.504. The molecule has 0 fully saturated rings. The number of nitrogens with two attached hydrogens (primary N) is 1. The molecule has 5 heteroatoms. The van der Waals surface area contributed by atoms with Crippen LogP contribution in [-0.2, 0) is 4.79 Å².